The van der Waals surface area contributed by atoms with Gasteiger partial charge in [0.1, 0.15) is 0 Å². The second-order valence-electron chi connectivity index (χ2n) is 3.41. The van der Waals surface area contributed by atoms with Crippen LogP contribution >= 0.6 is 0 Å². The number of nitrogens with zero attached hydrogens (tertiary/aromatic N) is 3. The van der Waals surface area contributed by atoms with Crippen molar-refractivity contribution < 1.29 is 13.2 Å². The van der Waals surface area contributed by atoms with Crippen molar-refractivity contribution in [3.8, 4) is 12.3 Å². The molecule has 0 spiro atoms. The number of terminal acetylenes is 1. The van der Waals surface area contributed by atoms with E-state index in [9.17, 15) is 13.2 Å². The summed E-state index contributed by atoms with van der Waals surface area (Å²) < 4.78 is 36.0. The van der Waals surface area contributed by atoms with Crippen LogP contribution in [0.25, 0.3) is 0 Å². The minimum atomic E-state index is -4.23. The van der Waals surface area contributed by atoms with Gasteiger partial charge < -0.3 is 16.0 Å². The molecule has 0 aliphatic carbocycles. The third kappa shape index (κ3) is 5.76. The summed E-state index contributed by atoms with van der Waals surface area (Å²) in [7, 11) is 1.58. The topological polar surface area (TPSA) is 74.8 Å². The number of halogens is 3. The molecule has 0 radical (unpaired) electrons. The highest BCUT2D eigenvalue weighted by Gasteiger charge is 2.26. The Morgan fingerprint density at radius 2 is 1.68 bits per heavy atom. The van der Waals surface area contributed by atoms with Crippen LogP contribution in [-0.4, -0.2) is 41.3 Å². The zero-order valence-corrected chi connectivity index (χ0v) is 10.2. The molecule has 0 amide bonds. The van der Waals surface area contributed by atoms with Crippen LogP contribution in [0.1, 0.15) is 6.42 Å². The fourth-order valence-electron chi connectivity index (χ4n) is 1.09. The maximum absolute atomic E-state index is 12.0. The molecule has 104 valence electrons. The van der Waals surface area contributed by atoms with Crippen molar-refractivity contribution in [1.82, 2.24) is 15.0 Å². The molecule has 0 saturated heterocycles. The van der Waals surface area contributed by atoms with Gasteiger partial charge in [-0.2, -0.15) is 28.1 Å². The first-order valence-electron chi connectivity index (χ1n) is 5.36. The lowest BCUT2D eigenvalue weighted by Gasteiger charge is -2.10. The van der Waals surface area contributed by atoms with E-state index < -0.39 is 12.6 Å². The van der Waals surface area contributed by atoms with Gasteiger partial charge in [0.25, 0.3) is 0 Å². The summed E-state index contributed by atoms with van der Waals surface area (Å²) in [5, 5.41) is 7.87. The molecule has 1 aromatic rings. The molecule has 3 N–H and O–H groups in total. The smallest absolute Gasteiger partial charge is 0.357 e. The normalized spacial score (nSPS) is 10.7. The van der Waals surface area contributed by atoms with Gasteiger partial charge in [-0.1, -0.05) is 5.92 Å². The van der Waals surface area contributed by atoms with Gasteiger partial charge in [-0.15, -0.1) is 6.42 Å². The van der Waals surface area contributed by atoms with Crippen molar-refractivity contribution in [3.63, 3.8) is 0 Å². The Bertz CT molecular complexity index is 454. The number of hydrogen-bond acceptors (Lipinski definition) is 6. The van der Waals surface area contributed by atoms with Gasteiger partial charge in [-0.05, 0) is 0 Å². The number of anilines is 3. The second-order valence-corrected chi connectivity index (χ2v) is 3.41. The SMILES string of the molecule is C#CCNc1nc(NC)nc(NCCC(F)(F)F)n1. The largest absolute Gasteiger partial charge is 0.390 e. The summed E-state index contributed by atoms with van der Waals surface area (Å²) in [5.74, 6) is 2.79. The molecule has 1 aromatic heterocycles. The number of alkyl halides is 3. The van der Waals surface area contributed by atoms with Crippen LogP contribution in [0.2, 0.25) is 0 Å². The fourth-order valence-corrected chi connectivity index (χ4v) is 1.09. The zero-order valence-electron chi connectivity index (χ0n) is 10.2. The third-order valence-electron chi connectivity index (χ3n) is 1.90. The van der Waals surface area contributed by atoms with Gasteiger partial charge in [0.15, 0.2) is 0 Å². The zero-order chi connectivity index (χ0) is 14.3. The molecule has 9 heteroatoms. The summed E-state index contributed by atoms with van der Waals surface area (Å²) in [6.45, 7) is -0.111. The Morgan fingerprint density at radius 3 is 2.21 bits per heavy atom. The first-order valence-corrected chi connectivity index (χ1v) is 5.36. The summed E-state index contributed by atoms with van der Waals surface area (Å²) in [4.78, 5) is 11.7. The van der Waals surface area contributed by atoms with Gasteiger partial charge in [0, 0.05) is 13.6 Å². The molecule has 0 saturated carbocycles. The van der Waals surface area contributed by atoms with Gasteiger partial charge in [0.2, 0.25) is 17.8 Å². The van der Waals surface area contributed by atoms with Crippen molar-refractivity contribution in [2.75, 3.05) is 36.1 Å². The molecular formula is C10H13F3N6. The molecule has 0 aliphatic rings. The lowest BCUT2D eigenvalue weighted by atomic mass is 10.4. The quantitative estimate of drug-likeness (QED) is 0.679. The highest BCUT2D eigenvalue weighted by atomic mass is 19.4. The van der Waals surface area contributed by atoms with Crippen molar-refractivity contribution >= 4 is 17.8 Å². The highest BCUT2D eigenvalue weighted by molar-refractivity contribution is 5.42. The van der Waals surface area contributed by atoms with Crippen molar-refractivity contribution in [2.45, 2.75) is 12.6 Å². The number of aromatic nitrogens is 3. The molecule has 0 aromatic carbocycles. The van der Waals surface area contributed by atoms with Crippen LogP contribution < -0.4 is 16.0 Å². The maximum atomic E-state index is 12.0. The molecule has 19 heavy (non-hydrogen) atoms. The molecule has 0 aliphatic heterocycles. The average Bonchev–Trinajstić information content (AvgIpc) is 2.34. The Kier molecular flexibility index (Phi) is 5.17. The van der Waals surface area contributed by atoms with Gasteiger partial charge >= 0.3 is 6.18 Å². The van der Waals surface area contributed by atoms with Crippen molar-refractivity contribution in [1.29, 1.82) is 0 Å². The third-order valence-corrected chi connectivity index (χ3v) is 1.90. The van der Waals surface area contributed by atoms with Gasteiger partial charge in [-0.25, -0.2) is 0 Å². The summed E-state index contributed by atoms with van der Waals surface area (Å²) in [6.07, 6.45) is -0.124. The molecule has 6 nitrogen and oxygen atoms in total. The van der Waals surface area contributed by atoms with Crippen LogP contribution in [0.4, 0.5) is 31.0 Å². The first-order chi connectivity index (χ1) is 8.94. The number of rotatable bonds is 6. The lowest BCUT2D eigenvalue weighted by Crippen LogP contribution is -2.17. The van der Waals surface area contributed by atoms with Crippen molar-refractivity contribution in [2.24, 2.45) is 0 Å². The van der Waals surface area contributed by atoms with Crippen LogP contribution in [0, 0.1) is 12.3 Å². The summed E-state index contributed by atoms with van der Waals surface area (Å²) in [6, 6.07) is 0. The van der Waals surface area contributed by atoms with Crippen LogP contribution in [-0.2, 0) is 0 Å². The van der Waals surface area contributed by atoms with E-state index in [2.05, 4.69) is 36.8 Å². The van der Waals surface area contributed by atoms with E-state index in [1.54, 1.807) is 7.05 Å². The Hall–Kier alpha value is -2.24. The van der Waals surface area contributed by atoms with Gasteiger partial charge in [-0.3, -0.25) is 0 Å². The Labute approximate surface area is 108 Å². The van der Waals surface area contributed by atoms with Crippen LogP contribution in [0.3, 0.4) is 0 Å². The fraction of sp³-hybridized carbons (Fsp3) is 0.500. The minimum absolute atomic E-state index is 0.0446. The molecular weight excluding hydrogens is 261 g/mol. The Balaban J connectivity index is 2.68. The standard InChI is InChI=1S/C10H13F3N6/c1-3-5-15-8-17-7(14-2)18-9(19-8)16-6-4-10(11,12)13/h1H,4-6H2,2H3,(H3,14,15,16,17,18,19). The number of hydrogen-bond donors (Lipinski definition) is 3. The maximum Gasteiger partial charge on any atom is 0.390 e. The molecule has 1 rings (SSSR count). The van der Waals surface area contributed by atoms with E-state index in [0.717, 1.165) is 0 Å². The Morgan fingerprint density at radius 1 is 1.11 bits per heavy atom. The summed E-state index contributed by atoms with van der Waals surface area (Å²) in [5.41, 5.74) is 0. The van der Waals surface area contributed by atoms with E-state index in [0.29, 0.717) is 0 Å². The van der Waals surface area contributed by atoms with E-state index in [1.807, 2.05) is 0 Å². The molecule has 0 atom stereocenters. The van der Waals surface area contributed by atoms with E-state index in [1.165, 1.54) is 0 Å². The summed E-state index contributed by atoms with van der Waals surface area (Å²) >= 11 is 0. The minimum Gasteiger partial charge on any atom is -0.357 e. The second kappa shape index (κ2) is 6.63. The molecule has 0 unspecified atom stereocenters. The molecule has 1 heterocycles. The van der Waals surface area contributed by atoms with Crippen LogP contribution in [0.5, 0.6) is 0 Å². The van der Waals surface area contributed by atoms with E-state index >= 15 is 0 Å². The van der Waals surface area contributed by atoms with E-state index in [4.69, 9.17) is 6.42 Å². The molecule has 0 fully saturated rings. The highest BCUT2D eigenvalue weighted by Crippen LogP contribution is 2.19. The predicted octanol–water partition coefficient (Wildman–Crippen LogP) is 1.32. The average molecular weight is 274 g/mol. The molecule has 0 bridgehead atoms. The van der Waals surface area contributed by atoms with E-state index in [-0.39, 0.29) is 30.9 Å². The predicted molar refractivity (Wildman–Crippen MR) is 65.9 cm³/mol. The van der Waals surface area contributed by atoms with Crippen LogP contribution in [0.15, 0.2) is 0 Å². The van der Waals surface area contributed by atoms with Crippen molar-refractivity contribution in [3.05, 3.63) is 0 Å². The lowest BCUT2D eigenvalue weighted by molar-refractivity contribution is -0.131. The monoisotopic (exact) mass is 274 g/mol. The first kappa shape index (κ1) is 14.8. The number of nitrogens with one attached hydrogen (secondary N) is 3. The van der Waals surface area contributed by atoms with Gasteiger partial charge in [0.05, 0.1) is 13.0 Å².